The van der Waals surface area contributed by atoms with Crippen molar-refractivity contribution in [1.29, 1.82) is 0 Å². The number of furan rings is 1. The first-order valence-electron chi connectivity index (χ1n) is 21.8. The second kappa shape index (κ2) is 13.9. The van der Waals surface area contributed by atoms with Gasteiger partial charge in [-0.1, -0.05) is 194 Å². The first-order chi connectivity index (χ1) is 31.3. The minimum atomic E-state index is -0.681. The normalized spacial score (nSPS) is 14.4. The van der Waals surface area contributed by atoms with Gasteiger partial charge in [-0.15, -0.1) is 0 Å². The molecule has 0 N–H and O–H groups in total. The van der Waals surface area contributed by atoms with E-state index in [1.54, 1.807) is 0 Å². The third kappa shape index (κ3) is 5.25. The molecular formula is C61H39NO. The molecule has 2 aliphatic rings. The molecule has 2 nitrogen and oxygen atoms in total. The quantitative estimate of drug-likeness (QED) is 0.172. The molecule has 0 aliphatic heterocycles. The third-order valence-corrected chi connectivity index (χ3v) is 13.5. The van der Waals surface area contributed by atoms with Crippen LogP contribution in [0.5, 0.6) is 0 Å². The van der Waals surface area contributed by atoms with Gasteiger partial charge in [-0.25, -0.2) is 0 Å². The number of nitrogens with zero attached hydrogens (tertiary/aromatic N) is 1. The summed E-state index contributed by atoms with van der Waals surface area (Å²) in [5.41, 5.74) is 21.5. The van der Waals surface area contributed by atoms with Gasteiger partial charge in [-0.2, -0.15) is 0 Å². The summed E-state index contributed by atoms with van der Waals surface area (Å²) in [5.74, 6) is 0. The Hall–Kier alpha value is -8.20. The largest absolute Gasteiger partial charge is 0.455 e. The summed E-state index contributed by atoms with van der Waals surface area (Å²) < 4.78 is 6.91. The van der Waals surface area contributed by atoms with Gasteiger partial charge < -0.3 is 9.32 Å². The van der Waals surface area contributed by atoms with Crippen molar-refractivity contribution in [3.63, 3.8) is 0 Å². The average Bonchev–Trinajstić information content (AvgIpc) is 3.86. The number of hydrogen-bond donors (Lipinski definition) is 0. The van der Waals surface area contributed by atoms with E-state index in [9.17, 15) is 0 Å². The molecule has 1 unspecified atom stereocenters. The van der Waals surface area contributed by atoms with E-state index in [0.717, 1.165) is 39.0 Å². The summed E-state index contributed by atoms with van der Waals surface area (Å²) in [5, 5.41) is 2.27. The maximum absolute atomic E-state index is 6.91. The van der Waals surface area contributed by atoms with Gasteiger partial charge in [0.25, 0.3) is 0 Å². The molecule has 0 amide bonds. The first kappa shape index (κ1) is 35.5. The lowest BCUT2D eigenvalue weighted by Crippen LogP contribution is -2.29. The standard InChI is InChI=1S/C61H39NO/c1-3-15-40(16-4-1)42-27-31-44(32-28-42)62(45-33-29-43(30-34-45)41-17-5-2-6-18-41)46-35-36-50-48-20-8-7-19-47(48)49-21-9-12-24-54(49)61(57(50)39-46)55-25-13-10-23-53(55)59-56(61)38-37-52-51-22-11-14-26-58(51)63-60(52)59/h1-39H. The molecule has 1 spiro atoms. The van der Waals surface area contributed by atoms with E-state index in [4.69, 9.17) is 4.42 Å². The molecule has 2 aliphatic carbocycles. The van der Waals surface area contributed by atoms with Gasteiger partial charge in [0.05, 0.1) is 5.41 Å². The summed E-state index contributed by atoms with van der Waals surface area (Å²) in [6, 6.07) is 86.7. The van der Waals surface area contributed by atoms with Gasteiger partial charge in [0.2, 0.25) is 0 Å². The van der Waals surface area contributed by atoms with Crippen LogP contribution >= 0.6 is 0 Å². The molecule has 1 aromatic heterocycles. The molecule has 0 bridgehead atoms. The fourth-order valence-electron chi connectivity index (χ4n) is 10.8. The van der Waals surface area contributed by atoms with Gasteiger partial charge in [0, 0.05) is 33.4 Å². The van der Waals surface area contributed by atoms with Gasteiger partial charge >= 0.3 is 0 Å². The Balaban J connectivity index is 1.11. The van der Waals surface area contributed by atoms with Crippen LogP contribution in [0.1, 0.15) is 22.3 Å². The van der Waals surface area contributed by atoms with Gasteiger partial charge in [-0.3, -0.25) is 0 Å². The van der Waals surface area contributed by atoms with Crippen LogP contribution in [0.2, 0.25) is 0 Å². The SMILES string of the molecule is c1ccc(-c2ccc(N(c3ccc(-c4ccccc4)cc3)c3ccc4c(c3)C3(c5ccccc5-c5ccccc5-4)c4ccccc4-c4c3ccc3c4oc4ccccc43)cc2)cc1. The zero-order valence-electron chi connectivity index (χ0n) is 34.4. The molecule has 63 heavy (non-hydrogen) atoms. The molecule has 0 saturated heterocycles. The first-order valence-corrected chi connectivity index (χ1v) is 21.8. The van der Waals surface area contributed by atoms with Gasteiger partial charge in [-0.05, 0) is 115 Å². The summed E-state index contributed by atoms with van der Waals surface area (Å²) in [6.07, 6.45) is 0. The minimum Gasteiger partial charge on any atom is -0.455 e. The van der Waals surface area contributed by atoms with Crippen molar-refractivity contribution in [2.75, 3.05) is 4.90 Å². The van der Waals surface area contributed by atoms with Crippen LogP contribution < -0.4 is 4.90 Å². The molecule has 0 saturated carbocycles. The Kier molecular flexibility index (Phi) is 7.85. The van der Waals surface area contributed by atoms with Crippen molar-refractivity contribution in [1.82, 2.24) is 0 Å². The smallest absolute Gasteiger partial charge is 0.143 e. The lowest BCUT2D eigenvalue weighted by molar-refractivity contribution is 0.669. The van der Waals surface area contributed by atoms with E-state index >= 15 is 0 Å². The summed E-state index contributed by atoms with van der Waals surface area (Å²) in [7, 11) is 0. The van der Waals surface area contributed by atoms with Crippen LogP contribution in [0.3, 0.4) is 0 Å². The van der Waals surface area contributed by atoms with Crippen molar-refractivity contribution in [2.45, 2.75) is 5.41 Å². The number of anilines is 3. The molecule has 2 heteroatoms. The molecule has 11 aromatic rings. The van der Waals surface area contributed by atoms with E-state index in [1.165, 1.54) is 77.9 Å². The highest BCUT2D eigenvalue weighted by Crippen LogP contribution is 2.63. The number of fused-ring (bicyclic) bond motifs is 16. The fourth-order valence-corrected chi connectivity index (χ4v) is 10.8. The van der Waals surface area contributed by atoms with E-state index in [2.05, 4.69) is 241 Å². The maximum Gasteiger partial charge on any atom is 0.143 e. The van der Waals surface area contributed by atoms with Crippen molar-refractivity contribution >= 4 is 39.0 Å². The van der Waals surface area contributed by atoms with Gasteiger partial charge in [0.1, 0.15) is 11.2 Å². The Morgan fingerprint density at radius 3 is 1.41 bits per heavy atom. The Morgan fingerprint density at radius 2 is 0.778 bits per heavy atom. The Bertz CT molecular complexity index is 3470. The summed E-state index contributed by atoms with van der Waals surface area (Å²) in [4.78, 5) is 2.42. The molecule has 10 aromatic carbocycles. The third-order valence-electron chi connectivity index (χ3n) is 13.5. The number of rotatable bonds is 5. The molecule has 294 valence electrons. The number of benzene rings is 10. The van der Waals surface area contributed by atoms with Crippen LogP contribution in [-0.4, -0.2) is 0 Å². The van der Waals surface area contributed by atoms with Gasteiger partial charge in [0.15, 0.2) is 0 Å². The van der Waals surface area contributed by atoms with Crippen LogP contribution in [0.25, 0.3) is 77.6 Å². The summed E-state index contributed by atoms with van der Waals surface area (Å²) >= 11 is 0. The van der Waals surface area contributed by atoms with E-state index in [0.29, 0.717) is 0 Å². The molecule has 0 radical (unpaired) electrons. The second-order valence-electron chi connectivity index (χ2n) is 16.7. The Labute approximate surface area is 366 Å². The average molecular weight is 802 g/mol. The maximum atomic E-state index is 6.91. The monoisotopic (exact) mass is 801 g/mol. The van der Waals surface area contributed by atoms with E-state index in [1.807, 2.05) is 0 Å². The summed E-state index contributed by atoms with van der Waals surface area (Å²) in [6.45, 7) is 0. The lowest BCUT2D eigenvalue weighted by Gasteiger charge is -2.36. The second-order valence-corrected chi connectivity index (χ2v) is 16.7. The Morgan fingerprint density at radius 1 is 0.302 bits per heavy atom. The lowest BCUT2D eigenvalue weighted by atomic mass is 9.65. The predicted octanol–water partition coefficient (Wildman–Crippen LogP) is 16.4. The van der Waals surface area contributed by atoms with Crippen LogP contribution in [0, 0.1) is 0 Å². The van der Waals surface area contributed by atoms with E-state index in [-0.39, 0.29) is 0 Å². The van der Waals surface area contributed by atoms with Crippen molar-refractivity contribution in [3.8, 4) is 55.6 Å². The van der Waals surface area contributed by atoms with Crippen molar-refractivity contribution in [3.05, 3.63) is 259 Å². The fraction of sp³-hybridized carbons (Fsp3) is 0.0164. The van der Waals surface area contributed by atoms with Crippen LogP contribution in [0.15, 0.2) is 241 Å². The van der Waals surface area contributed by atoms with Crippen LogP contribution in [-0.2, 0) is 5.41 Å². The predicted molar refractivity (Wildman–Crippen MR) is 261 cm³/mol. The zero-order chi connectivity index (χ0) is 41.5. The highest BCUT2D eigenvalue weighted by atomic mass is 16.3. The zero-order valence-corrected chi connectivity index (χ0v) is 34.4. The topological polar surface area (TPSA) is 16.4 Å². The molecule has 1 atom stereocenters. The van der Waals surface area contributed by atoms with E-state index < -0.39 is 5.41 Å². The molecular weight excluding hydrogens is 763 g/mol. The van der Waals surface area contributed by atoms with Crippen LogP contribution in [0.4, 0.5) is 17.1 Å². The van der Waals surface area contributed by atoms with Crippen molar-refractivity contribution < 1.29 is 4.42 Å². The van der Waals surface area contributed by atoms with Crippen molar-refractivity contribution in [2.24, 2.45) is 0 Å². The molecule has 1 heterocycles. The molecule has 13 rings (SSSR count). The molecule has 0 fully saturated rings. The number of para-hydroxylation sites is 1. The highest BCUT2D eigenvalue weighted by molar-refractivity contribution is 6.13. The number of hydrogen-bond acceptors (Lipinski definition) is 2. The highest BCUT2D eigenvalue weighted by Gasteiger charge is 2.51. The minimum absolute atomic E-state index is 0.681.